The summed E-state index contributed by atoms with van der Waals surface area (Å²) in [6.45, 7) is 2.04. The number of carbonyl (C=O) groups is 1. The van der Waals surface area contributed by atoms with Gasteiger partial charge in [0.1, 0.15) is 17.6 Å². The fourth-order valence-electron chi connectivity index (χ4n) is 2.10. The number of hydrogen-bond acceptors (Lipinski definition) is 2. The van der Waals surface area contributed by atoms with E-state index in [0.717, 1.165) is 22.8 Å². The van der Waals surface area contributed by atoms with Gasteiger partial charge in [0.05, 0.1) is 5.02 Å². The topological polar surface area (TPSA) is 30.2 Å². The van der Waals surface area contributed by atoms with E-state index in [0.29, 0.717) is 16.3 Å². The van der Waals surface area contributed by atoms with Crippen molar-refractivity contribution in [1.82, 2.24) is 0 Å². The number of rotatable bonds is 2. The van der Waals surface area contributed by atoms with Gasteiger partial charge < -0.3 is 4.42 Å². The molecule has 3 aromatic rings. The fourth-order valence-corrected chi connectivity index (χ4v) is 2.38. The first kappa shape index (κ1) is 12.0. The van der Waals surface area contributed by atoms with Crippen LogP contribution in [0.5, 0.6) is 0 Å². The predicted octanol–water partition coefficient (Wildman–Crippen LogP) is 4.87. The highest BCUT2D eigenvalue weighted by Gasteiger charge is 2.10. The Labute approximate surface area is 115 Å². The Bertz CT molecular complexity index is 772. The first-order valence-corrected chi connectivity index (χ1v) is 6.30. The number of furan rings is 1. The summed E-state index contributed by atoms with van der Waals surface area (Å²) in [5, 5.41) is 1.56. The van der Waals surface area contributed by atoms with E-state index in [9.17, 15) is 4.79 Å². The molecule has 0 atom stereocenters. The normalized spacial score (nSPS) is 10.8. The van der Waals surface area contributed by atoms with Gasteiger partial charge in [-0.1, -0.05) is 29.3 Å². The number of halogens is 1. The highest BCUT2D eigenvalue weighted by atomic mass is 35.5. The second-order valence-electron chi connectivity index (χ2n) is 4.51. The zero-order chi connectivity index (χ0) is 13.4. The van der Waals surface area contributed by atoms with Crippen LogP contribution in [-0.4, -0.2) is 6.29 Å². The Hall–Kier alpha value is -2.06. The van der Waals surface area contributed by atoms with Gasteiger partial charge in [-0.25, -0.2) is 0 Å². The van der Waals surface area contributed by atoms with E-state index in [1.165, 1.54) is 5.56 Å². The molecule has 0 saturated carbocycles. The number of aldehydes is 1. The van der Waals surface area contributed by atoms with Crippen LogP contribution in [0.2, 0.25) is 5.02 Å². The number of benzene rings is 2. The molecule has 2 nitrogen and oxygen atoms in total. The summed E-state index contributed by atoms with van der Waals surface area (Å²) >= 11 is 6.18. The van der Waals surface area contributed by atoms with Gasteiger partial charge in [0.25, 0.3) is 0 Å². The minimum Gasteiger partial charge on any atom is -0.456 e. The first-order valence-electron chi connectivity index (χ1n) is 5.93. The molecule has 2 aromatic carbocycles. The maximum absolute atomic E-state index is 10.7. The van der Waals surface area contributed by atoms with Gasteiger partial charge in [-0.3, -0.25) is 4.79 Å². The Morgan fingerprint density at radius 3 is 2.68 bits per heavy atom. The van der Waals surface area contributed by atoms with Gasteiger partial charge in [-0.2, -0.15) is 0 Å². The van der Waals surface area contributed by atoms with Crippen molar-refractivity contribution in [3.63, 3.8) is 0 Å². The third kappa shape index (κ3) is 2.15. The smallest absolute Gasteiger partial charge is 0.150 e. The quantitative estimate of drug-likeness (QED) is 0.622. The molecular weight excluding hydrogens is 260 g/mol. The molecule has 94 valence electrons. The third-order valence-electron chi connectivity index (χ3n) is 3.07. The van der Waals surface area contributed by atoms with E-state index in [4.69, 9.17) is 16.0 Å². The standard InChI is InChI=1S/C16H11ClO2/c1-10-2-5-15-12(6-10)8-16(19-15)13-4-3-11(9-18)7-14(13)17/h2-9H,1H3. The maximum atomic E-state index is 10.7. The molecule has 19 heavy (non-hydrogen) atoms. The van der Waals surface area contributed by atoms with Gasteiger partial charge in [-0.05, 0) is 37.3 Å². The summed E-state index contributed by atoms with van der Waals surface area (Å²) in [4.78, 5) is 10.7. The maximum Gasteiger partial charge on any atom is 0.150 e. The molecule has 0 unspecified atom stereocenters. The van der Waals surface area contributed by atoms with Crippen LogP contribution in [0.4, 0.5) is 0 Å². The van der Waals surface area contributed by atoms with Crippen LogP contribution in [0.15, 0.2) is 46.9 Å². The van der Waals surface area contributed by atoms with Crippen LogP contribution in [0, 0.1) is 6.92 Å². The molecule has 0 aliphatic carbocycles. The van der Waals surface area contributed by atoms with Crippen LogP contribution in [-0.2, 0) is 0 Å². The first-order chi connectivity index (χ1) is 9.17. The average molecular weight is 271 g/mol. The molecule has 0 aliphatic heterocycles. The Morgan fingerprint density at radius 2 is 1.95 bits per heavy atom. The molecule has 3 heteroatoms. The van der Waals surface area contributed by atoms with Crippen molar-refractivity contribution in [2.24, 2.45) is 0 Å². The lowest BCUT2D eigenvalue weighted by molar-refractivity contribution is 0.112. The van der Waals surface area contributed by atoms with Gasteiger partial charge in [-0.15, -0.1) is 0 Å². The zero-order valence-electron chi connectivity index (χ0n) is 10.3. The molecule has 1 heterocycles. The summed E-state index contributed by atoms with van der Waals surface area (Å²) in [6.07, 6.45) is 0.775. The van der Waals surface area contributed by atoms with Gasteiger partial charge >= 0.3 is 0 Å². The van der Waals surface area contributed by atoms with Crippen molar-refractivity contribution in [1.29, 1.82) is 0 Å². The molecule has 0 bridgehead atoms. The van der Waals surface area contributed by atoms with E-state index < -0.39 is 0 Å². The van der Waals surface area contributed by atoms with Crippen LogP contribution < -0.4 is 0 Å². The van der Waals surface area contributed by atoms with Gasteiger partial charge in [0.15, 0.2) is 0 Å². The van der Waals surface area contributed by atoms with E-state index >= 15 is 0 Å². The number of hydrogen-bond donors (Lipinski definition) is 0. The van der Waals surface area contributed by atoms with Crippen LogP contribution >= 0.6 is 11.6 Å². The summed E-state index contributed by atoms with van der Waals surface area (Å²) in [5.41, 5.74) is 3.36. The molecule has 0 fully saturated rings. The largest absolute Gasteiger partial charge is 0.456 e. The molecule has 0 radical (unpaired) electrons. The SMILES string of the molecule is Cc1ccc2oc(-c3ccc(C=O)cc3Cl)cc2c1. The second kappa shape index (κ2) is 4.56. The van der Waals surface area contributed by atoms with Crippen molar-refractivity contribution in [3.05, 3.63) is 58.6 Å². The van der Waals surface area contributed by atoms with Crippen molar-refractivity contribution < 1.29 is 9.21 Å². The number of fused-ring (bicyclic) bond motifs is 1. The highest BCUT2D eigenvalue weighted by Crippen LogP contribution is 2.33. The number of carbonyl (C=O) groups excluding carboxylic acids is 1. The molecule has 0 N–H and O–H groups in total. The Kier molecular flexibility index (Phi) is 2.88. The van der Waals surface area contributed by atoms with Crippen LogP contribution in [0.25, 0.3) is 22.3 Å². The van der Waals surface area contributed by atoms with Gasteiger partial charge in [0, 0.05) is 16.5 Å². The molecule has 0 aliphatic rings. The van der Waals surface area contributed by atoms with Crippen LogP contribution in [0.3, 0.4) is 0 Å². The molecule has 1 aromatic heterocycles. The Balaban J connectivity index is 2.16. The summed E-state index contributed by atoms with van der Waals surface area (Å²) in [6, 6.07) is 13.2. The van der Waals surface area contributed by atoms with E-state index in [2.05, 4.69) is 6.07 Å². The predicted molar refractivity (Wildman–Crippen MR) is 76.8 cm³/mol. The van der Waals surface area contributed by atoms with Gasteiger partial charge in [0.2, 0.25) is 0 Å². The Morgan fingerprint density at radius 1 is 1.11 bits per heavy atom. The molecule has 0 spiro atoms. The minimum absolute atomic E-state index is 0.514. The molecular formula is C16H11ClO2. The van der Waals surface area contributed by atoms with Crippen LogP contribution in [0.1, 0.15) is 15.9 Å². The van der Waals surface area contributed by atoms with E-state index in [1.807, 2.05) is 25.1 Å². The zero-order valence-corrected chi connectivity index (χ0v) is 11.1. The third-order valence-corrected chi connectivity index (χ3v) is 3.38. The summed E-state index contributed by atoms with van der Waals surface area (Å²) < 4.78 is 5.79. The van der Waals surface area contributed by atoms with E-state index in [1.54, 1.807) is 18.2 Å². The molecule has 0 amide bonds. The lowest BCUT2D eigenvalue weighted by Crippen LogP contribution is -1.82. The fraction of sp³-hybridized carbons (Fsp3) is 0.0625. The summed E-state index contributed by atoms with van der Waals surface area (Å²) in [7, 11) is 0. The highest BCUT2D eigenvalue weighted by molar-refractivity contribution is 6.33. The van der Waals surface area contributed by atoms with Crippen molar-refractivity contribution >= 4 is 28.9 Å². The average Bonchev–Trinajstić information content (AvgIpc) is 2.81. The summed E-state index contributed by atoms with van der Waals surface area (Å²) in [5.74, 6) is 0.711. The number of aryl methyl sites for hydroxylation is 1. The molecule has 0 saturated heterocycles. The van der Waals surface area contributed by atoms with E-state index in [-0.39, 0.29) is 0 Å². The van der Waals surface area contributed by atoms with Crippen molar-refractivity contribution in [2.45, 2.75) is 6.92 Å². The van der Waals surface area contributed by atoms with Crippen molar-refractivity contribution in [2.75, 3.05) is 0 Å². The lowest BCUT2D eigenvalue weighted by Gasteiger charge is -2.00. The minimum atomic E-state index is 0.514. The lowest BCUT2D eigenvalue weighted by atomic mass is 10.1. The second-order valence-corrected chi connectivity index (χ2v) is 4.92. The monoisotopic (exact) mass is 270 g/mol. The molecule has 3 rings (SSSR count). The van der Waals surface area contributed by atoms with Crippen molar-refractivity contribution in [3.8, 4) is 11.3 Å².